The maximum atomic E-state index is 9.98. The van der Waals surface area contributed by atoms with Crippen molar-refractivity contribution in [1.29, 1.82) is 0 Å². The first-order valence-electron chi connectivity index (χ1n) is 2.84. The van der Waals surface area contributed by atoms with E-state index in [1.54, 1.807) is 0 Å². The van der Waals surface area contributed by atoms with Crippen molar-refractivity contribution in [1.82, 2.24) is 0 Å². The fraction of sp³-hybridized carbons (Fsp3) is 1.00. The quantitative estimate of drug-likeness (QED) is 0.479. The number of aliphatic hydroxyl groups excluding tert-OH is 1. The Hall–Kier alpha value is 0.260. The lowest BCUT2D eigenvalue weighted by Crippen LogP contribution is -2.28. The van der Waals surface area contributed by atoms with Gasteiger partial charge in [-0.25, -0.2) is 0 Å². The summed E-state index contributed by atoms with van der Waals surface area (Å²) >= 11 is 0. The van der Waals surface area contributed by atoms with Crippen LogP contribution in [0.2, 0.25) is 0 Å². The zero-order valence-corrected chi connectivity index (χ0v) is 7.57. The molecule has 12 heavy (non-hydrogen) atoms. The van der Waals surface area contributed by atoms with Crippen molar-refractivity contribution in [3.8, 4) is 0 Å². The Labute approximate surface area is 68.4 Å². The van der Waals surface area contributed by atoms with Crippen LogP contribution in [-0.2, 0) is 9.13 Å². The molecule has 0 aliphatic rings. The van der Waals surface area contributed by atoms with Gasteiger partial charge in [-0.05, 0) is 20.2 Å². The van der Waals surface area contributed by atoms with E-state index < -0.39 is 33.6 Å². The molecule has 0 radical (unpaired) electrons. The largest absolute Gasteiger partial charge is 0.811 e. The second kappa shape index (κ2) is 3.98. The van der Waals surface area contributed by atoms with E-state index in [9.17, 15) is 28.7 Å². The number of rotatable bonds is 4. The summed E-state index contributed by atoms with van der Waals surface area (Å²) < 4.78 is 19.9. The fourth-order valence-corrected chi connectivity index (χ4v) is 1.64. The molecule has 0 heterocycles. The van der Waals surface area contributed by atoms with Gasteiger partial charge < -0.3 is 33.8 Å². The molecule has 0 aliphatic carbocycles. The van der Waals surface area contributed by atoms with Crippen molar-refractivity contribution in [3.05, 3.63) is 0 Å². The van der Waals surface area contributed by atoms with Gasteiger partial charge >= 0.3 is 0 Å². The zero-order chi connectivity index (χ0) is 9.99. The molecular weight excluding hydrogens is 210 g/mol. The summed E-state index contributed by atoms with van der Waals surface area (Å²) in [4.78, 5) is 39.8. The van der Waals surface area contributed by atoms with Crippen LogP contribution in [0.1, 0.15) is 6.42 Å². The molecule has 0 aromatic heterocycles. The van der Waals surface area contributed by atoms with Gasteiger partial charge in [0.1, 0.15) is 0 Å². The normalized spacial score (nSPS) is 16.1. The topological polar surface area (TPSA) is 147 Å². The molecule has 1 unspecified atom stereocenters. The third-order valence-electron chi connectivity index (χ3n) is 1.03. The average Bonchev–Trinajstić information content (AvgIpc) is 1.78. The molecule has 0 amide bonds. The lowest BCUT2D eigenvalue weighted by molar-refractivity contribution is -0.322. The van der Waals surface area contributed by atoms with Crippen molar-refractivity contribution in [2.75, 3.05) is 6.16 Å². The Morgan fingerprint density at radius 1 is 1.17 bits per heavy atom. The molecule has 9 heteroatoms. The minimum atomic E-state index is -5.19. The van der Waals surface area contributed by atoms with Crippen LogP contribution in [0.5, 0.6) is 0 Å². The summed E-state index contributed by atoms with van der Waals surface area (Å²) in [6.45, 7) is 0. The van der Waals surface area contributed by atoms with Gasteiger partial charge in [0.25, 0.3) is 0 Å². The Morgan fingerprint density at radius 3 is 1.83 bits per heavy atom. The first-order chi connectivity index (χ1) is 5.13. The summed E-state index contributed by atoms with van der Waals surface area (Å²) in [5, 5.41) is 8.46. The van der Waals surface area contributed by atoms with Gasteiger partial charge in [-0.3, -0.25) is 0 Å². The molecule has 1 atom stereocenters. The standard InChI is InChI=1S/C3H10O7P2/c4-3(12(8,9)10)1-2-11(5,6)7/h3-4H,1-2H2,(H2,5,6,7)(H2,8,9,10)/p-4. The summed E-state index contributed by atoms with van der Waals surface area (Å²) in [5.41, 5.74) is 0. The summed E-state index contributed by atoms with van der Waals surface area (Å²) in [5.74, 6) is -2.30. The molecule has 74 valence electrons. The van der Waals surface area contributed by atoms with E-state index in [0.717, 1.165) is 0 Å². The summed E-state index contributed by atoms with van der Waals surface area (Å²) in [6.07, 6.45) is -1.91. The van der Waals surface area contributed by atoms with Gasteiger partial charge in [0.2, 0.25) is 0 Å². The smallest absolute Gasteiger partial charge is 0.0811 e. The van der Waals surface area contributed by atoms with Crippen molar-refractivity contribution in [2.45, 2.75) is 12.3 Å². The molecule has 7 nitrogen and oxygen atoms in total. The molecule has 0 aromatic rings. The van der Waals surface area contributed by atoms with Crippen LogP contribution in [0, 0.1) is 0 Å². The van der Waals surface area contributed by atoms with Gasteiger partial charge in [0.05, 0.1) is 5.85 Å². The van der Waals surface area contributed by atoms with E-state index in [1.165, 1.54) is 0 Å². The average molecular weight is 216 g/mol. The van der Waals surface area contributed by atoms with Crippen LogP contribution in [0.25, 0.3) is 0 Å². The van der Waals surface area contributed by atoms with E-state index in [4.69, 9.17) is 5.11 Å². The van der Waals surface area contributed by atoms with Crippen molar-refractivity contribution < 1.29 is 33.8 Å². The van der Waals surface area contributed by atoms with E-state index in [0.29, 0.717) is 0 Å². The predicted octanol–water partition coefficient (Wildman–Crippen LogP) is -3.48. The Balaban J connectivity index is 3.97. The maximum absolute atomic E-state index is 9.98. The molecule has 0 aromatic carbocycles. The van der Waals surface area contributed by atoms with Crippen molar-refractivity contribution in [3.63, 3.8) is 0 Å². The minimum absolute atomic E-state index is 0.867. The predicted molar refractivity (Wildman–Crippen MR) is 30.7 cm³/mol. The van der Waals surface area contributed by atoms with E-state index >= 15 is 0 Å². The number of hydrogen-bond donors (Lipinski definition) is 1. The van der Waals surface area contributed by atoms with E-state index in [1.807, 2.05) is 0 Å². The van der Waals surface area contributed by atoms with Crippen molar-refractivity contribution in [2.24, 2.45) is 0 Å². The minimum Gasteiger partial charge on any atom is -0.811 e. The van der Waals surface area contributed by atoms with Crippen LogP contribution in [-0.4, -0.2) is 17.1 Å². The first kappa shape index (κ1) is 12.3. The SMILES string of the molecule is O=P([O-])([O-])CCC(O)P(=O)([O-])[O-]. The Bertz CT molecular complexity index is 225. The molecular formula is C3H6O7P2-4. The van der Waals surface area contributed by atoms with E-state index in [-0.39, 0.29) is 0 Å². The van der Waals surface area contributed by atoms with Crippen LogP contribution >= 0.6 is 15.2 Å². The molecule has 1 N–H and O–H groups in total. The number of aliphatic hydroxyl groups is 1. The maximum Gasteiger partial charge on any atom is 0.0811 e. The third-order valence-corrected chi connectivity index (χ3v) is 2.82. The highest BCUT2D eigenvalue weighted by Crippen LogP contribution is 2.35. The Morgan fingerprint density at radius 2 is 1.58 bits per heavy atom. The number of hydrogen-bond acceptors (Lipinski definition) is 7. The second-order valence-corrected chi connectivity index (χ2v) is 5.49. The van der Waals surface area contributed by atoms with Gasteiger partial charge in [-0.2, -0.15) is 0 Å². The highest BCUT2D eigenvalue weighted by molar-refractivity contribution is 7.50. The van der Waals surface area contributed by atoms with Crippen LogP contribution in [0.4, 0.5) is 0 Å². The Kier molecular flexibility index (Phi) is 4.07. The summed E-state index contributed by atoms with van der Waals surface area (Å²) in [7, 11) is -10.0. The van der Waals surface area contributed by atoms with Crippen LogP contribution in [0.15, 0.2) is 0 Å². The monoisotopic (exact) mass is 216 g/mol. The van der Waals surface area contributed by atoms with Gasteiger partial charge in [-0.1, -0.05) is 7.60 Å². The fourth-order valence-electron chi connectivity index (χ4n) is 0.432. The van der Waals surface area contributed by atoms with Crippen LogP contribution in [0.3, 0.4) is 0 Å². The van der Waals surface area contributed by atoms with Gasteiger partial charge in [0.15, 0.2) is 0 Å². The molecule has 0 saturated heterocycles. The third kappa shape index (κ3) is 5.85. The lowest BCUT2D eigenvalue weighted by atomic mass is 10.5. The van der Waals surface area contributed by atoms with Gasteiger partial charge in [0, 0.05) is 0 Å². The highest BCUT2D eigenvalue weighted by atomic mass is 31.2. The van der Waals surface area contributed by atoms with Crippen molar-refractivity contribution >= 4 is 15.2 Å². The summed E-state index contributed by atoms with van der Waals surface area (Å²) in [6, 6.07) is 0. The molecule has 0 spiro atoms. The molecule has 0 fully saturated rings. The van der Waals surface area contributed by atoms with Gasteiger partial charge in [-0.15, -0.1) is 0 Å². The first-order valence-corrected chi connectivity index (χ1v) is 6.18. The zero-order valence-electron chi connectivity index (χ0n) is 5.78. The molecule has 0 saturated carbocycles. The lowest BCUT2D eigenvalue weighted by Gasteiger charge is -2.37. The highest BCUT2D eigenvalue weighted by Gasteiger charge is 2.08. The van der Waals surface area contributed by atoms with Crippen LogP contribution < -0.4 is 19.6 Å². The molecule has 0 aliphatic heterocycles. The molecule has 0 rings (SSSR count). The van der Waals surface area contributed by atoms with E-state index in [2.05, 4.69) is 0 Å². The molecule has 0 bridgehead atoms. The second-order valence-electron chi connectivity index (χ2n) is 2.14.